The van der Waals surface area contributed by atoms with E-state index in [0.29, 0.717) is 0 Å². The van der Waals surface area contributed by atoms with Gasteiger partial charge in [-0.3, -0.25) is 0 Å². The van der Waals surface area contributed by atoms with E-state index in [1.807, 2.05) is 0 Å². The predicted octanol–water partition coefficient (Wildman–Crippen LogP) is 5.95. The molecule has 0 aliphatic heterocycles. The van der Waals surface area contributed by atoms with E-state index in [0.717, 1.165) is 0 Å². The van der Waals surface area contributed by atoms with Crippen LogP contribution in [0, 0.1) is 48.5 Å². The summed E-state index contributed by atoms with van der Waals surface area (Å²) in [6.07, 6.45) is 0. The van der Waals surface area contributed by atoms with E-state index in [-0.39, 0.29) is 58.9 Å². The van der Waals surface area contributed by atoms with Gasteiger partial charge < -0.3 is 37.2 Å². The standard InChI is InChI=1S/C66H57Si.3ClH.Ti/c1-44-45(2)47(4)63(46(44)3)67(64-48(5)57(51-26-14-8-15-27-51)38-41-60(64)54-32-20-11-21-33-54,65-49(6)58(52-28-16-9-17-29-52)39-42-61(65)55-34-22-12-23-35-55)66-50(7)59(53-30-18-10-19-31-53)40-43-62(66)56-36-24-13-25-37-56;;;;/h8-43H,1-7H3;3*1H;/q-1;;;;+4/p-3. The first-order valence-electron chi connectivity index (χ1n) is 23.7. The molecule has 71 heavy (non-hydrogen) atoms. The molecule has 0 amide bonds. The van der Waals surface area contributed by atoms with Gasteiger partial charge in [-0.05, 0) is 120 Å². The number of halogens is 3. The van der Waals surface area contributed by atoms with Crippen LogP contribution in [0.25, 0.3) is 66.8 Å². The third kappa shape index (κ3) is 9.54. The normalized spacial score (nSPS) is 10.9. The van der Waals surface area contributed by atoms with Crippen molar-refractivity contribution in [2.75, 3.05) is 0 Å². The Morgan fingerprint density at radius 2 is 0.423 bits per heavy atom. The van der Waals surface area contributed by atoms with Gasteiger partial charge in [-0.25, -0.2) is 0 Å². The van der Waals surface area contributed by atoms with Crippen LogP contribution in [0.5, 0.6) is 0 Å². The summed E-state index contributed by atoms with van der Waals surface area (Å²) in [5.41, 5.74) is 24.5. The quantitative estimate of drug-likeness (QED) is 0.0904. The Bertz CT molecular complexity index is 3040. The van der Waals surface area contributed by atoms with E-state index in [4.69, 9.17) is 0 Å². The zero-order chi connectivity index (χ0) is 46.2. The maximum absolute atomic E-state index is 3.71. The predicted molar refractivity (Wildman–Crippen MR) is 291 cm³/mol. The Morgan fingerprint density at radius 1 is 0.239 bits per heavy atom. The van der Waals surface area contributed by atoms with E-state index in [1.54, 1.807) is 0 Å². The maximum atomic E-state index is 2.46. The van der Waals surface area contributed by atoms with Crippen molar-refractivity contribution >= 4 is 28.8 Å². The van der Waals surface area contributed by atoms with Crippen LogP contribution in [0.2, 0.25) is 0 Å². The molecule has 0 aliphatic carbocycles. The molecular weight excluding hydrogens is 975 g/mol. The van der Waals surface area contributed by atoms with E-state index in [9.17, 15) is 0 Å². The average molecular weight is 1030 g/mol. The summed E-state index contributed by atoms with van der Waals surface area (Å²) in [4.78, 5) is 0. The van der Waals surface area contributed by atoms with Crippen LogP contribution in [-0.4, -0.2) is 8.07 Å². The molecule has 0 heterocycles. The van der Waals surface area contributed by atoms with Crippen LogP contribution in [-0.2, 0) is 21.7 Å². The van der Waals surface area contributed by atoms with Gasteiger partial charge in [-0.1, -0.05) is 246 Å². The SMILES string of the molecule is Cc1c(-c2ccccc2)ccc(-c2ccccc2)c1[Si](c1c(-c2ccccc2)ccc(-c2ccccc2)c1C)(c1c(-c2ccccc2)ccc(-c2ccccc2)c1C)[c-]1c(C)c(C)c(C)c1C.[Cl-].[Cl-].[Cl-].[Ti+4]. The molecule has 0 fully saturated rings. The molecule has 0 bridgehead atoms. The van der Waals surface area contributed by atoms with Gasteiger partial charge in [0.2, 0.25) is 0 Å². The average Bonchev–Trinajstić information content (AvgIpc) is 3.57. The summed E-state index contributed by atoms with van der Waals surface area (Å²) >= 11 is 0. The Morgan fingerprint density at radius 3 is 0.634 bits per heavy atom. The molecule has 10 aromatic rings. The number of benzene rings is 9. The first-order chi connectivity index (χ1) is 32.7. The van der Waals surface area contributed by atoms with E-state index < -0.39 is 8.07 Å². The zero-order valence-electron chi connectivity index (χ0n) is 41.4. The largest absolute Gasteiger partial charge is 4.00 e. The molecular formula is C66H57Cl3SiTi. The number of hydrogen-bond donors (Lipinski definition) is 0. The summed E-state index contributed by atoms with van der Waals surface area (Å²) in [6, 6.07) is 81.5. The smallest absolute Gasteiger partial charge is 1.00 e. The van der Waals surface area contributed by atoms with Crippen molar-refractivity contribution < 1.29 is 58.9 Å². The first-order valence-corrected chi connectivity index (χ1v) is 25.7. The van der Waals surface area contributed by atoms with Gasteiger partial charge in [0, 0.05) is 0 Å². The van der Waals surface area contributed by atoms with Crippen molar-refractivity contribution in [3.8, 4) is 66.8 Å². The van der Waals surface area contributed by atoms with Crippen LogP contribution in [0.1, 0.15) is 38.9 Å². The van der Waals surface area contributed by atoms with Crippen molar-refractivity contribution in [3.63, 3.8) is 0 Å². The second kappa shape index (κ2) is 23.1. The van der Waals surface area contributed by atoms with Crippen molar-refractivity contribution in [2.45, 2.75) is 48.5 Å². The van der Waals surface area contributed by atoms with Gasteiger partial charge in [0.15, 0.2) is 0 Å². The monoisotopic (exact) mass is 1030 g/mol. The maximum Gasteiger partial charge on any atom is 4.00 e. The molecule has 10 rings (SSSR count). The van der Waals surface area contributed by atoms with Gasteiger partial charge in [-0.15, -0.1) is 5.19 Å². The minimum atomic E-state index is -3.71. The second-order valence-electron chi connectivity index (χ2n) is 18.3. The minimum absolute atomic E-state index is 0. The Hall–Kier alpha value is -5.87. The number of hydrogen-bond acceptors (Lipinski definition) is 0. The molecule has 0 nitrogen and oxygen atoms in total. The molecule has 0 saturated heterocycles. The van der Waals surface area contributed by atoms with Crippen molar-refractivity contribution in [3.05, 3.63) is 257 Å². The summed E-state index contributed by atoms with van der Waals surface area (Å²) < 4.78 is 0. The van der Waals surface area contributed by atoms with Crippen molar-refractivity contribution in [1.29, 1.82) is 0 Å². The molecule has 0 N–H and O–H groups in total. The molecule has 0 radical (unpaired) electrons. The number of rotatable bonds is 10. The Kier molecular flexibility index (Phi) is 17.7. The van der Waals surface area contributed by atoms with Crippen LogP contribution < -0.4 is 58.0 Å². The van der Waals surface area contributed by atoms with Crippen LogP contribution in [0.4, 0.5) is 0 Å². The molecule has 0 atom stereocenters. The summed E-state index contributed by atoms with van der Waals surface area (Å²) in [7, 11) is -3.71. The third-order valence-corrected chi connectivity index (χ3v) is 20.5. The first kappa shape index (κ1) is 54.5. The summed E-state index contributed by atoms with van der Waals surface area (Å²) in [5, 5.41) is 5.80. The molecule has 0 aromatic heterocycles. The zero-order valence-corrected chi connectivity index (χ0v) is 46.2. The molecule has 350 valence electrons. The molecule has 0 spiro atoms. The topological polar surface area (TPSA) is 0 Å². The molecule has 10 aromatic carbocycles. The third-order valence-electron chi connectivity index (χ3n) is 14.8. The molecule has 0 unspecified atom stereocenters. The van der Waals surface area contributed by atoms with Gasteiger partial charge in [0.1, 0.15) is 8.07 Å². The Balaban J connectivity index is 0.00000206. The summed E-state index contributed by atoms with van der Waals surface area (Å²) in [6.45, 7) is 16.9. The summed E-state index contributed by atoms with van der Waals surface area (Å²) in [5.74, 6) is 0. The van der Waals surface area contributed by atoms with E-state index in [2.05, 4.69) is 267 Å². The van der Waals surface area contributed by atoms with E-state index in [1.165, 1.54) is 126 Å². The van der Waals surface area contributed by atoms with Gasteiger partial charge in [-0.2, -0.15) is 22.3 Å². The molecule has 5 heteroatoms. The minimum Gasteiger partial charge on any atom is -1.00 e. The van der Waals surface area contributed by atoms with Crippen LogP contribution in [0.15, 0.2) is 218 Å². The fourth-order valence-electron chi connectivity index (χ4n) is 11.5. The fraction of sp³-hybridized carbons (Fsp3) is 0.106. The van der Waals surface area contributed by atoms with Crippen molar-refractivity contribution in [1.82, 2.24) is 0 Å². The molecule has 0 saturated carbocycles. The van der Waals surface area contributed by atoms with Gasteiger partial charge >= 0.3 is 21.7 Å². The van der Waals surface area contributed by atoms with Gasteiger partial charge in [0.05, 0.1) is 0 Å². The van der Waals surface area contributed by atoms with Crippen molar-refractivity contribution in [2.24, 2.45) is 0 Å². The van der Waals surface area contributed by atoms with E-state index >= 15 is 0 Å². The molecule has 0 aliphatic rings. The van der Waals surface area contributed by atoms with Gasteiger partial charge in [0.25, 0.3) is 0 Å². The second-order valence-corrected chi connectivity index (χ2v) is 21.8. The van der Waals surface area contributed by atoms with Crippen LogP contribution >= 0.6 is 0 Å². The van der Waals surface area contributed by atoms with Crippen LogP contribution in [0.3, 0.4) is 0 Å². The fourth-order valence-corrected chi connectivity index (χ4v) is 18.5. The Labute approximate surface area is 456 Å².